The van der Waals surface area contributed by atoms with E-state index in [1.807, 2.05) is 60.7 Å². The summed E-state index contributed by atoms with van der Waals surface area (Å²) < 4.78 is 16.9. The van der Waals surface area contributed by atoms with Crippen molar-refractivity contribution in [1.29, 1.82) is 0 Å². The third kappa shape index (κ3) is 9.41. The lowest BCUT2D eigenvalue weighted by molar-refractivity contribution is -0.394. The summed E-state index contributed by atoms with van der Waals surface area (Å²) in [5.74, 6) is 6.67. The topological polar surface area (TPSA) is 155 Å². The summed E-state index contributed by atoms with van der Waals surface area (Å²) in [6, 6.07) is 31.9. The standard InChI is InChI=1S/C43H37N3O9/c1-53-39-18-13-31(14-19-39)34-10-11-35(41(23-34)32-15-20-40(54-2)21-16-32)27-55-28-37-24-38(47)26-44(37)43(48)22-8-30-5-3-29(4-6-30)7-9-33-12-17-36(45(49)50)25-42(33)46(51)52/h3-7,9-21,23,25,37-38,47H,24,26-28H2,1-2H3/b9-7+/t37-,38+/m0/s1. The van der Waals surface area contributed by atoms with Crippen molar-refractivity contribution < 1.29 is 34.0 Å². The summed E-state index contributed by atoms with van der Waals surface area (Å²) in [6.45, 7) is 0.636. The molecule has 2 atom stereocenters. The Morgan fingerprint density at radius 1 is 0.818 bits per heavy atom. The first kappa shape index (κ1) is 37.9. The Hall–Kier alpha value is -6.81. The Kier molecular flexibility index (Phi) is 12.0. The zero-order chi connectivity index (χ0) is 38.9. The number of nitrogens with zero attached hydrogens (tertiary/aromatic N) is 3. The van der Waals surface area contributed by atoms with E-state index >= 15 is 0 Å². The molecule has 5 aromatic carbocycles. The second-order valence-electron chi connectivity index (χ2n) is 12.8. The van der Waals surface area contributed by atoms with E-state index in [1.54, 1.807) is 49.5 Å². The van der Waals surface area contributed by atoms with Crippen LogP contribution in [0.1, 0.15) is 28.7 Å². The molecule has 1 saturated heterocycles. The SMILES string of the molecule is COc1ccc(-c2ccc(COC[C@@H]3C[C@@H](O)CN3C(=O)C#Cc3ccc(/C=C/c4ccc([N+](=O)[O-])cc4[N+](=O)[O-])cc3)c(-c3ccc(OC)cc3)c2)cc1. The minimum absolute atomic E-state index is 0.147. The molecule has 5 aromatic rings. The van der Waals surface area contributed by atoms with Gasteiger partial charge in [-0.1, -0.05) is 60.5 Å². The van der Waals surface area contributed by atoms with E-state index in [2.05, 4.69) is 17.9 Å². The summed E-state index contributed by atoms with van der Waals surface area (Å²) in [5.41, 5.74) is 5.78. The van der Waals surface area contributed by atoms with E-state index < -0.39 is 21.9 Å². The van der Waals surface area contributed by atoms with Crippen LogP contribution in [0.2, 0.25) is 0 Å². The number of aliphatic hydroxyl groups is 1. The van der Waals surface area contributed by atoms with Gasteiger partial charge in [0.25, 0.3) is 17.3 Å². The molecule has 12 nitrogen and oxygen atoms in total. The van der Waals surface area contributed by atoms with E-state index in [0.29, 0.717) is 17.5 Å². The number of likely N-dealkylation sites (tertiary alicyclic amines) is 1. The van der Waals surface area contributed by atoms with Crippen LogP contribution in [0.3, 0.4) is 0 Å². The van der Waals surface area contributed by atoms with Gasteiger partial charge in [0, 0.05) is 24.1 Å². The maximum Gasteiger partial charge on any atom is 0.299 e. The molecule has 1 aliphatic heterocycles. The van der Waals surface area contributed by atoms with Crippen LogP contribution in [0.4, 0.5) is 11.4 Å². The molecule has 0 aromatic heterocycles. The van der Waals surface area contributed by atoms with Crippen molar-refractivity contribution in [1.82, 2.24) is 4.90 Å². The summed E-state index contributed by atoms with van der Waals surface area (Å²) in [4.78, 5) is 35.9. The summed E-state index contributed by atoms with van der Waals surface area (Å²) in [7, 11) is 3.26. The van der Waals surface area contributed by atoms with Crippen molar-refractivity contribution in [2.45, 2.75) is 25.2 Å². The number of aliphatic hydroxyl groups excluding tert-OH is 1. The van der Waals surface area contributed by atoms with Crippen molar-refractivity contribution in [2.75, 3.05) is 27.4 Å². The maximum absolute atomic E-state index is 13.3. The molecule has 1 N–H and O–H groups in total. The number of nitro groups is 2. The van der Waals surface area contributed by atoms with Crippen molar-refractivity contribution in [2.24, 2.45) is 0 Å². The quantitative estimate of drug-likeness (QED) is 0.0591. The van der Waals surface area contributed by atoms with Gasteiger partial charge in [0.05, 0.1) is 61.1 Å². The van der Waals surface area contributed by atoms with Crippen LogP contribution in [0.15, 0.2) is 109 Å². The molecule has 0 bridgehead atoms. The number of non-ortho nitro benzene ring substituents is 1. The lowest BCUT2D eigenvalue weighted by Gasteiger charge is -2.22. The highest BCUT2D eigenvalue weighted by Crippen LogP contribution is 2.33. The normalized spacial score (nSPS) is 15.0. The van der Waals surface area contributed by atoms with Gasteiger partial charge in [-0.05, 0) is 94.4 Å². The van der Waals surface area contributed by atoms with Crippen LogP contribution in [-0.4, -0.2) is 65.3 Å². The highest BCUT2D eigenvalue weighted by molar-refractivity contribution is 5.94. The number of hydrogen-bond acceptors (Lipinski definition) is 9. The van der Waals surface area contributed by atoms with Crippen molar-refractivity contribution in [3.8, 4) is 45.6 Å². The predicted molar refractivity (Wildman–Crippen MR) is 208 cm³/mol. The van der Waals surface area contributed by atoms with Gasteiger partial charge in [0.2, 0.25) is 0 Å². The monoisotopic (exact) mass is 739 g/mol. The van der Waals surface area contributed by atoms with Crippen LogP contribution in [-0.2, 0) is 16.1 Å². The Bertz CT molecular complexity index is 2280. The molecule has 1 amide bonds. The Labute approximate surface area is 317 Å². The van der Waals surface area contributed by atoms with Gasteiger partial charge in [0.1, 0.15) is 11.5 Å². The van der Waals surface area contributed by atoms with Crippen molar-refractivity contribution in [3.63, 3.8) is 0 Å². The molecule has 0 radical (unpaired) electrons. The highest BCUT2D eigenvalue weighted by atomic mass is 16.6. The second-order valence-corrected chi connectivity index (χ2v) is 12.8. The molecule has 55 heavy (non-hydrogen) atoms. The van der Waals surface area contributed by atoms with Crippen LogP contribution in [0.5, 0.6) is 11.5 Å². The first-order valence-corrected chi connectivity index (χ1v) is 17.3. The van der Waals surface area contributed by atoms with Crippen LogP contribution >= 0.6 is 0 Å². The van der Waals surface area contributed by atoms with Gasteiger partial charge in [-0.3, -0.25) is 25.0 Å². The smallest absolute Gasteiger partial charge is 0.299 e. The second kappa shape index (κ2) is 17.3. The molecule has 0 unspecified atom stereocenters. The van der Waals surface area contributed by atoms with Gasteiger partial charge in [-0.15, -0.1) is 0 Å². The molecule has 12 heteroatoms. The predicted octanol–water partition coefficient (Wildman–Crippen LogP) is 7.55. The number of nitro benzene ring substituents is 2. The molecule has 1 fully saturated rings. The van der Waals surface area contributed by atoms with E-state index in [1.165, 1.54) is 18.2 Å². The van der Waals surface area contributed by atoms with Crippen molar-refractivity contribution in [3.05, 3.63) is 152 Å². The number of hydrogen-bond donors (Lipinski definition) is 1. The minimum atomic E-state index is -0.698. The average Bonchev–Trinajstić information content (AvgIpc) is 3.59. The minimum Gasteiger partial charge on any atom is -0.497 e. The largest absolute Gasteiger partial charge is 0.497 e. The molecular formula is C43H37N3O9. The molecule has 1 heterocycles. The maximum atomic E-state index is 13.3. The van der Waals surface area contributed by atoms with Crippen LogP contribution in [0, 0.1) is 32.1 Å². The number of carbonyl (C=O) groups is 1. The number of carbonyl (C=O) groups excluding carboxylic acids is 1. The Morgan fingerprint density at radius 3 is 2.11 bits per heavy atom. The molecule has 6 rings (SSSR count). The third-order valence-electron chi connectivity index (χ3n) is 9.26. The number of methoxy groups -OCH3 is 2. The first-order chi connectivity index (χ1) is 26.6. The summed E-state index contributed by atoms with van der Waals surface area (Å²) in [6.07, 6.45) is 2.81. The van der Waals surface area contributed by atoms with Crippen LogP contribution < -0.4 is 9.47 Å². The van der Waals surface area contributed by atoms with Gasteiger partial charge in [0.15, 0.2) is 0 Å². The van der Waals surface area contributed by atoms with Crippen LogP contribution in [0.25, 0.3) is 34.4 Å². The zero-order valence-corrected chi connectivity index (χ0v) is 30.1. The molecule has 0 aliphatic carbocycles. The van der Waals surface area contributed by atoms with E-state index in [4.69, 9.17) is 14.2 Å². The van der Waals surface area contributed by atoms with Gasteiger partial charge >= 0.3 is 0 Å². The highest BCUT2D eigenvalue weighted by Gasteiger charge is 2.34. The van der Waals surface area contributed by atoms with E-state index in [9.17, 15) is 30.1 Å². The van der Waals surface area contributed by atoms with Crippen molar-refractivity contribution >= 4 is 29.4 Å². The lowest BCUT2D eigenvalue weighted by Crippen LogP contribution is -2.37. The zero-order valence-electron chi connectivity index (χ0n) is 30.1. The van der Waals surface area contributed by atoms with E-state index in [0.717, 1.165) is 45.4 Å². The molecular weight excluding hydrogens is 702 g/mol. The van der Waals surface area contributed by atoms with E-state index in [-0.39, 0.29) is 42.7 Å². The third-order valence-corrected chi connectivity index (χ3v) is 9.26. The number of rotatable bonds is 12. The number of benzene rings is 5. The molecule has 278 valence electrons. The molecule has 1 aliphatic rings. The Balaban J connectivity index is 1.11. The fourth-order valence-electron chi connectivity index (χ4n) is 6.31. The van der Waals surface area contributed by atoms with Gasteiger partial charge in [-0.25, -0.2) is 0 Å². The molecule has 0 spiro atoms. The lowest BCUT2D eigenvalue weighted by atomic mass is 9.94. The molecule has 0 saturated carbocycles. The Morgan fingerprint density at radius 2 is 1.47 bits per heavy atom. The summed E-state index contributed by atoms with van der Waals surface area (Å²) in [5, 5.41) is 33.0. The fraction of sp³-hybridized carbons (Fsp3) is 0.186. The average molecular weight is 740 g/mol. The van der Waals surface area contributed by atoms with Gasteiger partial charge < -0.3 is 24.2 Å². The number of ether oxygens (including phenoxy) is 3. The first-order valence-electron chi connectivity index (χ1n) is 17.3. The number of amides is 1. The number of β-amino-alcohol motifs (C(OH)–C–C–N with tert-alkyl or cyclic N) is 1. The fourth-order valence-corrected chi connectivity index (χ4v) is 6.31. The van der Waals surface area contributed by atoms with Gasteiger partial charge in [-0.2, -0.15) is 0 Å². The summed E-state index contributed by atoms with van der Waals surface area (Å²) >= 11 is 0.